The van der Waals surface area contributed by atoms with E-state index in [1.54, 1.807) is 28.9 Å². The number of pyridine rings is 1. The van der Waals surface area contributed by atoms with E-state index in [-0.39, 0.29) is 11.2 Å². The number of fused-ring (bicyclic) bond motifs is 1. The zero-order valence-corrected chi connectivity index (χ0v) is 16.5. The predicted octanol–water partition coefficient (Wildman–Crippen LogP) is 1.50. The van der Waals surface area contributed by atoms with Crippen LogP contribution in [-0.4, -0.2) is 59.6 Å². The number of hydrogen-bond acceptors (Lipinski definition) is 7. The Morgan fingerprint density at radius 3 is 2.85 bits per heavy atom. The summed E-state index contributed by atoms with van der Waals surface area (Å²) in [5, 5.41) is 2.58. The number of aryl methyl sites for hydroxylation is 1. The summed E-state index contributed by atoms with van der Waals surface area (Å²) in [4.78, 5) is 10.8. The Bertz CT molecular complexity index is 899. The van der Waals surface area contributed by atoms with Gasteiger partial charge in [0.1, 0.15) is 0 Å². The number of likely N-dealkylation sites (tertiary alicyclic amines) is 1. The largest absolute Gasteiger partial charge is 0.481 e. The molecule has 0 unspecified atom stereocenters. The van der Waals surface area contributed by atoms with Crippen LogP contribution in [0.5, 0.6) is 5.88 Å². The summed E-state index contributed by atoms with van der Waals surface area (Å²) in [7, 11) is -1.68. The van der Waals surface area contributed by atoms with Crippen LogP contribution < -0.4 is 4.74 Å². The molecule has 2 aromatic heterocycles. The third-order valence-electron chi connectivity index (χ3n) is 5.08. The Balaban J connectivity index is 1.45. The highest BCUT2D eigenvalue weighted by molar-refractivity contribution is 7.90. The van der Waals surface area contributed by atoms with E-state index in [4.69, 9.17) is 4.74 Å². The van der Waals surface area contributed by atoms with Gasteiger partial charge in [-0.1, -0.05) is 6.07 Å². The third kappa shape index (κ3) is 3.24. The Hall–Kier alpha value is -1.55. The van der Waals surface area contributed by atoms with Crippen LogP contribution in [0.15, 0.2) is 23.7 Å². The van der Waals surface area contributed by atoms with Crippen LogP contribution in [0.4, 0.5) is 0 Å². The van der Waals surface area contributed by atoms with E-state index >= 15 is 0 Å². The first-order valence-electron chi connectivity index (χ1n) is 8.57. The summed E-state index contributed by atoms with van der Waals surface area (Å²) in [5.41, 5.74) is 1.83. The van der Waals surface area contributed by atoms with Crippen molar-refractivity contribution in [1.29, 1.82) is 0 Å². The van der Waals surface area contributed by atoms with Crippen molar-refractivity contribution < 1.29 is 13.2 Å². The van der Waals surface area contributed by atoms with Crippen molar-refractivity contribution in [3.05, 3.63) is 40.0 Å². The number of rotatable bonds is 5. The number of sulfonamides is 1. The number of hydrogen-bond donors (Lipinski definition) is 0. The van der Waals surface area contributed by atoms with Gasteiger partial charge in [0.05, 0.1) is 29.6 Å². The maximum atomic E-state index is 12.9. The molecule has 140 valence electrons. The summed E-state index contributed by atoms with van der Waals surface area (Å²) >= 11 is 1.56. The molecule has 2 saturated heterocycles. The molecule has 0 aliphatic carbocycles. The average molecular weight is 395 g/mol. The number of aromatic nitrogens is 2. The van der Waals surface area contributed by atoms with Crippen LogP contribution in [-0.2, 0) is 23.1 Å². The van der Waals surface area contributed by atoms with Gasteiger partial charge in [-0.25, -0.2) is 18.4 Å². The number of thiazole rings is 1. The highest BCUT2D eigenvalue weighted by atomic mass is 32.2. The molecule has 4 rings (SSSR count). The summed E-state index contributed by atoms with van der Waals surface area (Å²) < 4.78 is 32.8. The molecular formula is C17H22N4O3S2. The smallest absolute Gasteiger partial charge is 0.218 e. The van der Waals surface area contributed by atoms with E-state index in [9.17, 15) is 8.42 Å². The summed E-state index contributed by atoms with van der Waals surface area (Å²) in [5.74, 6) is 0.746. The number of methoxy groups -OCH3 is 1. The van der Waals surface area contributed by atoms with Crippen molar-refractivity contribution in [1.82, 2.24) is 19.2 Å². The molecule has 7 nitrogen and oxygen atoms in total. The predicted molar refractivity (Wildman–Crippen MR) is 99.5 cm³/mol. The molecule has 0 N–H and O–H groups in total. The lowest BCUT2D eigenvalue weighted by molar-refractivity contribution is 0.287. The third-order valence-corrected chi connectivity index (χ3v) is 8.20. The standard InChI is InChI=1S/C17H22N4O3S2/c1-12-19-15(11-25-12)9-21-8-14-7-20(10-16(14)26(21,22)23)6-13-4-3-5-18-17(13)24-2/h3-5,11,14,16H,6-10H2,1-2H3/t14-,16+/m0/s1. The zero-order chi connectivity index (χ0) is 18.3. The van der Waals surface area contributed by atoms with E-state index in [1.807, 2.05) is 24.4 Å². The normalized spacial score (nSPS) is 25.5. The quantitative estimate of drug-likeness (QED) is 0.765. The number of ether oxygens (including phenoxy) is 1. The molecule has 2 aliphatic rings. The lowest BCUT2D eigenvalue weighted by atomic mass is 10.1. The van der Waals surface area contributed by atoms with Crippen LogP contribution >= 0.6 is 11.3 Å². The number of nitrogens with zero attached hydrogens (tertiary/aromatic N) is 4. The van der Waals surface area contributed by atoms with Gasteiger partial charge in [0.2, 0.25) is 15.9 Å². The zero-order valence-electron chi connectivity index (χ0n) is 14.8. The fourth-order valence-electron chi connectivity index (χ4n) is 3.91. The van der Waals surface area contributed by atoms with E-state index in [2.05, 4.69) is 14.9 Å². The molecule has 2 aromatic rings. The van der Waals surface area contributed by atoms with Crippen LogP contribution in [0, 0.1) is 12.8 Å². The van der Waals surface area contributed by atoms with Crippen LogP contribution in [0.1, 0.15) is 16.3 Å². The van der Waals surface area contributed by atoms with Gasteiger partial charge < -0.3 is 4.74 Å². The first kappa shape index (κ1) is 17.8. The minimum absolute atomic E-state index is 0.141. The maximum absolute atomic E-state index is 12.9. The SMILES string of the molecule is COc1ncccc1CN1C[C@H]2CN(Cc3csc(C)n3)S(=O)(=O)[C@@H]2C1. The van der Waals surface area contributed by atoms with Gasteiger partial charge in [-0.3, -0.25) is 4.90 Å². The second-order valence-electron chi connectivity index (χ2n) is 6.86. The molecule has 0 radical (unpaired) electrons. The second kappa shape index (κ2) is 6.88. The molecule has 0 saturated carbocycles. The Kier molecular flexibility index (Phi) is 4.72. The lowest BCUT2D eigenvalue weighted by Crippen LogP contribution is -2.34. The topological polar surface area (TPSA) is 75.6 Å². The van der Waals surface area contributed by atoms with Crippen LogP contribution in [0.3, 0.4) is 0 Å². The van der Waals surface area contributed by atoms with E-state index in [0.717, 1.165) is 22.8 Å². The average Bonchev–Trinajstić information content (AvgIpc) is 3.26. The molecule has 0 aromatic carbocycles. The highest BCUT2D eigenvalue weighted by Crippen LogP contribution is 2.35. The molecule has 0 bridgehead atoms. The van der Waals surface area contributed by atoms with Crippen molar-refractivity contribution >= 4 is 21.4 Å². The van der Waals surface area contributed by atoms with Crippen LogP contribution in [0.25, 0.3) is 0 Å². The van der Waals surface area contributed by atoms with Gasteiger partial charge in [0.25, 0.3) is 0 Å². The minimum Gasteiger partial charge on any atom is -0.481 e. The van der Waals surface area contributed by atoms with Crippen molar-refractivity contribution in [3.63, 3.8) is 0 Å². The Morgan fingerprint density at radius 2 is 2.15 bits per heavy atom. The highest BCUT2D eigenvalue weighted by Gasteiger charge is 2.50. The van der Waals surface area contributed by atoms with Crippen molar-refractivity contribution in [2.75, 3.05) is 26.7 Å². The molecule has 4 heterocycles. The van der Waals surface area contributed by atoms with Crippen molar-refractivity contribution in [3.8, 4) is 5.88 Å². The van der Waals surface area contributed by atoms with Gasteiger partial charge in [-0.2, -0.15) is 4.31 Å². The van der Waals surface area contributed by atoms with Crippen LogP contribution in [0.2, 0.25) is 0 Å². The monoisotopic (exact) mass is 394 g/mol. The van der Waals surface area contributed by atoms with Gasteiger partial charge >= 0.3 is 0 Å². The Morgan fingerprint density at radius 1 is 1.31 bits per heavy atom. The maximum Gasteiger partial charge on any atom is 0.218 e. The van der Waals surface area contributed by atoms with Gasteiger partial charge in [0.15, 0.2) is 0 Å². The summed E-state index contributed by atoms with van der Waals surface area (Å²) in [6.45, 7) is 4.88. The lowest BCUT2D eigenvalue weighted by Gasteiger charge is -2.21. The molecule has 0 spiro atoms. The first-order valence-corrected chi connectivity index (χ1v) is 11.0. The van der Waals surface area contributed by atoms with Gasteiger partial charge in [-0.15, -0.1) is 11.3 Å². The van der Waals surface area contributed by atoms with Gasteiger partial charge in [-0.05, 0) is 13.0 Å². The second-order valence-corrected chi connectivity index (χ2v) is 10.1. The summed E-state index contributed by atoms with van der Waals surface area (Å²) in [6.07, 6.45) is 1.70. The molecule has 26 heavy (non-hydrogen) atoms. The van der Waals surface area contributed by atoms with E-state index in [1.165, 1.54) is 0 Å². The van der Waals surface area contributed by atoms with Crippen molar-refractivity contribution in [2.45, 2.75) is 25.3 Å². The van der Waals surface area contributed by atoms with E-state index < -0.39 is 10.0 Å². The minimum atomic E-state index is -3.29. The molecule has 9 heteroatoms. The molecule has 2 fully saturated rings. The first-order chi connectivity index (χ1) is 12.5. The van der Waals surface area contributed by atoms with E-state index in [0.29, 0.717) is 32.1 Å². The molecule has 2 aliphatic heterocycles. The van der Waals surface area contributed by atoms with Crippen molar-refractivity contribution in [2.24, 2.45) is 5.92 Å². The fourth-order valence-corrected chi connectivity index (χ4v) is 6.67. The molecule has 0 amide bonds. The van der Waals surface area contributed by atoms with Gasteiger partial charge in [0, 0.05) is 49.2 Å². The molecular weight excluding hydrogens is 372 g/mol. The molecule has 2 atom stereocenters. The summed E-state index contributed by atoms with van der Waals surface area (Å²) in [6, 6.07) is 3.86. The fraction of sp³-hybridized carbons (Fsp3) is 0.529. The Labute approximate surface area is 157 Å².